The quantitative estimate of drug-likeness (QED) is 0.813. The topological polar surface area (TPSA) is 33.2 Å². The number of anilines is 1. The fourth-order valence-corrected chi connectivity index (χ4v) is 1.65. The molecule has 2 rings (SSSR count). The fraction of sp³-hybridized carbons (Fsp3) is 0.143. The summed E-state index contributed by atoms with van der Waals surface area (Å²) < 4.78 is 13.6. The molecule has 18 heavy (non-hydrogen) atoms. The molecule has 1 amide bonds. The molecule has 0 aliphatic rings. The van der Waals surface area contributed by atoms with Crippen molar-refractivity contribution in [2.24, 2.45) is 0 Å². The largest absolute Gasteiger partial charge is 0.310 e. The number of aromatic nitrogens is 1. The monoisotopic (exact) mass is 244 g/mol. The minimum Gasteiger partial charge on any atom is -0.310 e. The molecule has 0 spiro atoms. The van der Waals surface area contributed by atoms with Crippen LogP contribution in [0, 0.1) is 12.7 Å². The van der Waals surface area contributed by atoms with Gasteiger partial charge in [0.05, 0.1) is 17.4 Å². The molecule has 0 saturated carbocycles. The Labute approximate surface area is 105 Å². The highest BCUT2D eigenvalue weighted by Gasteiger charge is 2.17. The van der Waals surface area contributed by atoms with Crippen LogP contribution < -0.4 is 4.90 Å². The van der Waals surface area contributed by atoms with Crippen molar-refractivity contribution in [1.82, 2.24) is 4.98 Å². The average Bonchev–Trinajstić information content (AvgIpc) is 2.41. The summed E-state index contributed by atoms with van der Waals surface area (Å²) in [5.41, 5.74) is 1.55. The molecule has 3 nitrogen and oxygen atoms in total. The molecule has 0 aliphatic heterocycles. The van der Waals surface area contributed by atoms with Gasteiger partial charge in [-0.2, -0.15) is 0 Å². The minimum atomic E-state index is -0.513. The zero-order chi connectivity index (χ0) is 13.1. The Balaban J connectivity index is 2.34. The van der Waals surface area contributed by atoms with Crippen molar-refractivity contribution in [2.45, 2.75) is 6.92 Å². The summed E-state index contributed by atoms with van der Waals surface area (Å²) in [6.45, 7) is 1.82. The second-order valence-corrected chi connectivity index (χ2v) is 4.06. The van der Waals surface area contributed by atoms with Gasteiger partial charge in [0.15, 0.2) is 0 Å². The smallest absolute Gasteiger partial charge is 0.261 e. The first-order valence-electron chi connectivity index (χ1n) is 5.54. The van der Waals surface area contributed by atoms with E-state index in [0.29, 0.717) is 5.69 Å². The SMILES string of the molecule is Cc1ccc(F)c(C(=O)N(C)c2cccnc2)c1. The molecule has 1 aromatic carbocycles. The van der Waals surface area contributed by atoms with Crippen molar-refractivity contribution < 1.29 is 9.18 Å². The normalized spacial score (nSPS) is 10.2. The van der Waals surface area contributed by atoms with Gasteiger partial charge in [0.25, 0.3) is 5.91 Å². The molecule has 92 valence electrons. The lowest BCUT2D eigenvalue weighted by Crippen LogP contribution is -2.27. The molecule has 4 heteroatoms. The van der Waals surface area contributed by atoms with Crippen LogP contribution in [0.15, 0.2) is 42.7 Å². The number of aryl methyl sites for hydroxylation is 1. The van der Waals surface area contributed by atoms with Gasteiger partial charge in [0.2, 0.25) is 0 Å². The van der Waals surface area contributed by atoms with Gasteiger partial charge in [-0.25, -0.2) is 4.39 Å². The van der Waals surface area contributed by atoms with Crippen molar-refractivity contribution in [3.8, 4) is 0 Å². The third kappa shape index (κ3) is 2.37. The predicted molar refractivity (Wildman–Crippen MR) is 68.1 cm³/mol. The maximum Gasteiger partial charge on any atom is 0.261 e. The summed E-state index contributed by atoms with van der Waals surface area (Å²) >= 11 is 0. The first-order chi connectivity index (χ1) is 8.59. The predicted octanol–water partition coefficient (Wildman–Crippen LogP) is 2.81. The summed E-state index contributed by atoms with van der Waals surface area (Å²) in [4.78, 5) is 17.5. The number of amides is 1. The summed E-state index contributed by atoms with van der Waals surface area (Å²) in [6, 6.07) is 7.96. The lowest BCUT2D eigenvalue weighted by Gasteiger charge is -2.17. The number of nitrogens with zero attached hydrogens (tertiary/aromatic N) is 2. The highest BCUT2D eigenvalue weighted by molar-refractivity contribution is 6.05. The second kappa shape index (κ2) is 4.96. The number of carbonyl (C=O) groups excluding carboxylic acids is 1. The number of benzene rings is 1. The van der Waals surface area contributed by atoms with Gasteiger partial charge in [0, 0.05) is 13.2 Å². The van der Waals surface area contributed by atoms with Gasteiger partial charge in [-0.05, 0) is 31.2 Å². The number of rotatable bonds is 2. The van der Waals surface area contributed by atoms with Gasteiger partial charge in [0.1, 0.15) is 5.82 Å². The Morgan fingerprint density at radius 3 is 2.78 bits per heavy atom. The first-order valence-corrected chi connectivity index (χ1v) is 5.54. The van der Waals surface area contributed by atoms with Crippen LogP contribution in [0.1, 0.15) is 15.9 Å². The fourth-order valence-electron chi connectivity index (χ4n) is 1.65. The van der Waals surface area contributed by atoms with Crippen LogP contribution in [0.3, 0.4) is 0 Å². The van der Waals surface area contributed by atoms with Crippen LogP contribution in [-0.4, -0.2) is 17.9 Å². The van der Waals surface area contributed by atoms with Gasteiger partial charge in [-0.1, -0.05) is 11.6 Å². The van der Waals surface area contributed by atoms with E-state index in [2.05, 4.69) is 4.98 Å². The van der Waals surface area contributed by atoms with E-state index in [1.807, 2.05) is 6.92 Å². The van der Waals surface area contributed by atoms with E-state index in [-0.39, 0.29) is 11.5 Å². The van der Waals surface area contributed by atoms with Crippen LogP contribution >= 0.6 is 0 Å². The van der Waals surface area contributed by atoms with Gasteiger partial charge < -0.3 is 4.90 Å². The minimum absolute atomic E-state index is 0.0707. The molecule has 0 N–H and O–H groups in total. The number of halogens is 1. The summed E-state index contributed by atoms with van der Waals surface area (Å²) in [5.74, 6) is -0.898. The van der Waals surface area contributed by atoms with Crippen LogP contribution in [0.4, 0.5) is 10.1 Å². The molecule has 0 unspecified atom stereocenters. The molecule has 0 radical (unpaired) electrons. The molecule has 0 bridgehead atoms. The average molecular weight is 244 g/mol. The Bertz CT molecular complexity index is 569. The third-order valence-electron chi connectivity index (χ3n) is 2.69. The Morgan fingerprint density at radius 2 is 2.11 bits per heavy atom. The van der Waals surface area contributed by atoms with E-state index in [1.54, 1.807) is 43.7 Å². The zero-order valence-corrected chi connectivity index (χ0v) is 10.2. The standard InChI is InChI=1S/C14H13FN2O/c1-10-5-6-13(15)12(8-10)14(18)17(2)11-4-3-7-16-9-11/h3-9H,1-2H3. The van der Waals surface area contributed by atoms with Crippen LogP contribution in [0.5, 0.6) is 0 Å². The number of pyridine rings is 1. The number of hydrogen-bond donors (Lipinski definition) is 0. The molecule has 1 aromatic heterocycles. The zero-order valence-electron chi connectivity index (χ0n) is 10.2. The van der Waals surface area contributed by atoms with E-state index in [4.69, 9.17) is 0 Å². The third-order valence-corrected chi connectivity index (χ3v) is 2.69. The molecule has 1 heterocycles. The highest BCUT2D eigenvalue weighted by atomic mass is 19.1. The van der Waals surface area contributed by atoms with Crippen molar-refractivity contribution >= 4 is 11.6 Å². The van der Waals surface area contributed by atoms with Crippen molar-refractivity contribution in [3.63, 3.8) is 0 Å². The van der Waals surface area contributed by atoms with E-state index in [0.717, 1.165) is 5.56 Å². The molecular weight excluding hydrogens is 231 g/mol. The first kappa shape index (κ1) is 12.2. The number of hydrogen-bond acceptors (Lipinski definition) is 2. The van der Waals surface area contributed by atoms with E-state index in [1.165, 1.54) is 11.0 Å². The molecular formula is C14H13FN2O. The van der Waals surface area contributed by atoms with E-state index in [9.17, 15) is 9.18 Å². The Morgan fingerprint density at radius 1 is 1.33 bits per heavy atom. The Hall–Kier alpha value is -2.23. The summed E-state index contributed by atoms with van der Waals surface area (Å²) in [6.07, 6.45) is 3.18. The lowest BCUT2D eigenvalue weighted by molar-refractivity contribution is 0.0989. The number of carbonyl (C=O) groups is 1. The van der Waals surface area contributed by atoms with Crippen LogP contribution in [-0.2, 0) is 0 Å². The van der Waals surface area contributed by atoms with Crippen LogP contribution in [0.2, 0.25) is 0 Å². The van der Waals surface area contributed by atoms with E-state index >= 15 is 0 Å². The summed E-state index contributed by atoms with van der Waals surface area (Å²) in [7, 11) is 1.60. The van der Waals surface area contributed by atoms with Crippen LogP contribution in [0.25, 0.3) is 0 Å². The molecule has 2 aromatic rings. The highest BCUT2D eigenvalue weighted by Crippen LogP contribution is 2.16. The maximum absolute atomic E-state index is 13.6. The van der Waals surface area contributed by atoms with Gasteiger partial charge >= 0.3 is 0 Å². The van der Waals surface area contributed by atoms with Gasteiger partial charge in [-0.15, -0.1) is 0 Å². The molecule has 0 fully saturated rings. The van der Waals surface area contributed by atoms with Crippen molar-refractivity contribution in [2.75, 3.05) is 11.9 Å². The maximum atomic E-state index is 13.6. The van der Waals surface area contributed by atoms with E-state index < -0.39 is 5.82 Å². The second-order valence-electron chi connectivity index (χ2n) is 4.06. The molecule has 0 saturated heterocycles. The van der Waals surface area contributed by atoms with Gasteiger partial charge in [-0.3, -0.25) is 9.78 Å². The lowest BCUT2D eigenvalue weighted by atomic mass is 10.1. The Kier molecular flexibility index (Phi) is 3.37. The molecule has 0 atom stereocenters. The summed E-state index contributed by atoms with van der Waals surface area (Å²) in [5, 5.41) is 0. The van der Waals surface area contributed by atoms with Crippen molar-refractivity contribution in [3.05, 3.63) is 59.7 Å². The van der Waals surface area contributed by atoms with Crippen molar-refractivity contribution in [1.29, 1.82) is 0 Å². The molecule has 0 aliphatic carbocycles.